The molecule has 1 aliphatic carbocycles. The Morgan fingerprint density at radius 2 is 1.85 bits per heavy atom. The summed E-state index contributed by atoms with van der Waals surface area (Å²) in [6, 6.07) is 0. The Balaban J connectivity index is 2.72. The molecule has 0 amide bonds. The molecule has 0 aromatic rings. The Labute approximate surface area is 83.1 Å². The normalized spacial score (nSPS) is 39.0. The van der Waals surface area contributed by atoms with E-state index >= 15 is 0 Å². The van der Waals surface area contributed by atoms with Gasteiger partial charge in [0.15, 0.2) is 0 Å². The Kier molecular flexibility index (Phi) is 3.39. The van der Waals surface area contributed by atoms with Crippen molar-refractivity contribution in [2.45, 2.75) is 47.0 Å². The van der Waals surface area contributed by atoms with E-state index in [2.05, 4.69) is 27.7 Å². The van der Waals surface area contributed by atoms with Crippen molar-refractivity contribution in [1.82, 2.24) is 0 Å². The van der Waals surface area contributed by atoms with Crippen LogP contribution in [0.4, 0.5) is 0 Å². The smallest absolute Gasteiger partial charge is 0.00743 e. The molecule has 1 aliphatic rings. The van der Waals surface area contributed by atoms with Crippen LogP contribution >= 0.6 is 0 Å². The summed E-state index contributed by atoms with van der Waals surface area (Å²) in [7, 11) is 0. The maximum absolute atomic E-state index is 5.69. The van der Waals surface area contributed by atoms with E-state index < -0.39 is 0 Å². The molecule has 2 N–H and O–H groups in total. The monoisotopic (exact) mass is 183 g/mol. The zero-order chi connectivity index (χ0) is 10.1. The lowest BCUT2D eigenvalue weighted by Crippen LogP contribution is -2.40. The minimum Gasteiger partial charge on any atom is -0.330 e. The molecule has 0 bridgehead atoms. The largest absolute Gasteiger partial charge is 0.330 e. The highest BCUT2D eigenvalue weighted by atomic mass is 14.6. The molecule has 3 atom stereocenters. The minimum absolute atomic E-state index is 0.497. The predicted molar refractivity (Wildman–Crippen MR) is 58.5 cm³/mol. The Bertz CT molecular complexity index is 163. The molecule has 1 nitrogen and oxygen atoms in total. The van der Waals surface area contributed by atoms with Crippen molar-refractivity contribution >= 4 is 0 Å². The average molecular weight is 183 g/mol. The van der Waals surface area contributed by atoms with Crippen LogP contribution in [0.15, 0.2) is 0 Å². The highest BCUT2D eigenvalue weighted by Crippen LogP contribution is 2.48. The first-order valence-electron chi connectivity index (χ1n) is 5.70. The lowest BCUT2D eigenvalue weighted by molar-refractivity contribution is 0.0241. The van der Waals surface area contributed by atoms with Crippen LogP contribution in [0.25, 0.3) is 0 Å². The summed E-state index contributed by atoms with van der Waals surface area (Å²) >= 11 is 0. The van der Waals surface area contributed by atoms with Crippen molar-refractivity contribution in [1.29, 1.82) is 0 Å². The third-order valence-corrected chi connectivity index (χ3v) is 4.45. The second kappa shape index (κ2) is 4.00. The third-order valence-electron chi connectivity index (χ3n) is 4.45. The van der Waals surface area contributed by atoms with E-state index in [0.29, 0.717) is 5.41 Å². The van der Waals surface area contributed by atoms with Gasteiger partial charge in [-0.2, -0.15) is 0 Å². The SMILES string of the molecule is C[C@@H]1CC[C@H](C)C(C)(C)[C@@H]1CCN. The van der Waals surface area contributed by atoms with Gasteiger partial charge in [-0.3, -0.25) is 0 Å². The average Bonchev–Trinajstić information content (AvgIpc) is 2.06. The first-order chi connectivity index (χ1) is 6.00. The van der Waals surface area contributed by atoms with Crippen molar-refractivity contribution in [2.75, 3.05) is 6.54 Å². The molecule has 1 fully saturated rings. The molecule has 0 heterocycles. The van der Waals surface area contributed by atoms with Crippen molar-refractivity contribution in [3.05, 3.63) is 0 Å². The lowest BCUT2D eigenvalue weighted by atomic mass is 9.58. The summed E-state index contributed by atoms with van der Waals surface area (Å²) in [5.41, 5.74) is 6.19. The zero-order valence-corrected chi connectivity index (χ0v) is 9.64. The van der Waals surface area contributed by atoms with Crippen molar-refractivity contribution in [2.24, 2.45) is 28.9 Å². The van der Waals surface area contributed by atoms with Crippen molar-refractivity contribution < 1.29 is 0 Å². The summed E-state index contributed by atoms with van der Waals surface area (Å²) in [6.07, 6.45) is 4.00. The summed E-state index contributed by atoms with van der Waals surface area (Å²) in [6.45, 7) is 10.5. The molecule has 1 saturated carbocycles. The van der Waals surface area contributed by atoms with Crippen LogP contribution in [0.1, 0.15) is 47.0 Å². The predicted octanol–water partition coefficient (Wildman–Crippen LogP) is 3.04. The highest BCUT2D eigenvalue weighted by molar-refractivity contribution is 4.90. The maximum Gasteiger partial charge on any atom is -0.00743 e. The van der Waals surface area contributed by atoms with E-state index in [1.165, 1.54) is 19.3 Å². The van der Waals surface area contributed by atoms with E-state index in [1.54, 1.807) is 0 Å². The number of hydrogen-bond acceptors (Lipinski definition) is 1. The van der Waals surface area contributed by atoms with Crippen LogP contribution in [0.5, 0.6) is 0 Å². The van der Waals surface area contributed by atoms with Gasteiger partial charge in [-0.1, -0.05) is 34.1 Å². The molecule has 0 saturated heterocycles. The van der Waals surface area contributed by atoms with E-state index in [1.807, 2.05) is 0 Å². The van der Waals surface area contributed by atoms with Gasteiger partial charge in [0.25, 0.3) is 0 Å². The summed E-state index contributed by atoms with van der Waals surface area (Å²) in [5.74, 6) is 2.57. The number of nitrogens with two attached hydrogens (primary N) is 1. The topological polar surface area (TPSA) is 26.0 Å². The molecule has 13 heavy (non-hydrogen) atoms. The zero-order valence-electron chi connectivity index (χ0n) is 9.64. The van der Waals surface area contributed by atoms with Gasteiger partial charge in [-0.15, -0.1) is 0 Å². The first-order valence-corrected chi connectivity index (χ1v) is 5.70. The van der Waals surface area contributed by atoms with Gasteiger partial charge in [-0.25, -0.2) is 0 Å². The Morgan fingerprint density at radius 3 is 2.38 bits per heavy atom. The van der Waals surface area contributed by atoms with Crippen molar-refractivity contribution in [3.8, 4) is 0 Å². The van der Waals surface area contributed by atoms with Crippen LogP contribution < -0.4 is 5.73 Å². The van der Waals surface area contributed by atoms with E-state index in [9.17, 15) is 0 Å². The van der Waals surface area contributed by atoms with Crippen LogP contribution in [0.3, 0.4) is 0 Å². The Hall–Kier alpha value is -0.0400. The van der Waals surface area contributed by atoms with Crippen LogP contribution in [0, 0.1) is 23.2 Å². The van der Waals surface area contributed by atoms with E-state index in [-0.39, 0.29) is 0 Å². The Morgan fingerprint density at radius 1 is 1.23 bits per heavy atom. The highest BCUT2D eigenvalue weighted by Gasteiger charge is 2.40. The van der Waals surface area contributed by atoms with Crippen LogP contribution in [-0.4, -0.2) is 6.54 Å². The quantitative estimate of drug-likeness (QED) is 0.699. The second-order valence-corrected chi connectivity index (χ2v) is 5.46. The van der Waals surface area contributed by atoms with Gasteiger partial charge in [-0.05, 0) is 42.6 Å². The summed E-state index contributed by atoms with van der Waals surface area (Å²) in [4.78, 5) is 0. The molecule has 1 heteroatoms. The molecular formula is C12H25N. The fourth-order valence-corrected chi connectivity index (χ4v) is 3.02. The maximum atomic E-state index is 5.69. The lowest BCUT2D eigenvalue weighted by Gasteiger charge is -2.47. The third kappa shape index (κ3) is 2.07. The molecule has 0 spiro atoms. The molecule has 1 rings (SSSR count). The molecule has 0 aromatic heterocycles. The molecular weight excluding hydrogens is 158 g/mol. The van der Waals surface area contributed by atoms with Gasteiger partial charge < -0.3 is 5.73 Å². The van der Waals surface area contributed by atoms with Gasteiger partial charge >= 0.3 is 0 Å². The summed E-state index contributed by atoms with van der Waals surface area (Å²) in [5, 5.41) is 0. The number of hydrogen-bond donors (Lipinski definition) is 1. The fourth-order valence-electron chi connectivity index (χ4n) is 3.02. The molecule has 78 valence electrons. The van der Waals surface area contributed by atoms with Gasteiger partial charge in [0.05, 0.1) is 0 Å². The number of rotatable bonds is 2. The molecule has 0 aromatic carbocycles. The molecule has 0 unspecified atom stereocenters. The van der Waals surface area contributed by atoms with Gasteiger partial charge in [0.1, 0.15) is 0 Å². The standard InChI is InChI=1S/C12H25N/c1-9-5-6-10(2)12(3,4)11(9)7-8-13/h9-11H,5-8,13H2,1-4H3/t9-,10+,11-/m1/s1. The summed E-state index contributed by atoms with van der Waals surface area (Å²) < 4.78 is 0. The first kappa shape index (κ1) is 11.0. The van der Waals surface area contributed by atoms with Crippen molar-refractivity contribution in [3.63, 3.8) is 0 Å². The minimum atomic E-state index is 0.497. The van der Waals surface area contributed by atoms with Crippen LogP contribution in [-0.2, 0) is 0 Å². The van der Waals surface area contributed by atoms with Crippen LogP contribution in [0.2, 0.25) is 0 Å². The fraction of sp³-hybridized carbons (Fsp3) is 1.00. The molecule has 0 aliphatic heterocycles. The molecule has 0 radical (unpaired) electrons. The van der Waals surface area contributed by atoms with E-state index in [0.717, 1.165) is 24.3 Å². The van der Waals surface area contributed by atoms with Gasteiger partial charge in [0, 0.05) is 0 Å². The van der Waals surface area contributed by atoms with E-state index in [4.69, 9.17) is 5.73 Å². The second-order valence-electron chi connectivity index (χ2n) is 5.46. The van der Waals surface area contributed by atoms with Gasteiger partial charge in [0.2, 0.25) is 0 Å².